The smallest absolute Gasteiger partial charge is 0.491 e. The first-order valence-electron chi connectivity index (χ1n) is 5.49. The molecule has 0 unspecified atom stereocenters. The molecule has 0 aliphatic rings. The van der Waals surface area contributed by atoms with E-state index in [0.717, 1.165) is 7.11 Å². The van der Waals surface area contributed by atoms with Crippen LogP contribution in [-0.4, -0.2) is 31.0 Å². The van der Waals surface area contributed by atoms with Crippen molar-refractivity contribution in [1.29, 1.82) is 0 Å². The minimum absolute atomic E-state index is 0.136. The molecule has 0 amide bonds. The van der Waals surface area contributed by atoms with Crippen molar-refractivity contribution >= 4 is 5.97 Å². The molecule has 5 nitrogen and oxygen atoms in total. The van der Waals surface area contributed by atoms with Crippen LogP contribution in [0, 0.1) is 0 Å². The van der Waals surface area contributed by atoms with Gasteiger partial charge >= 0.3 is 12.3 Å². The number of carbonyl (C=O) groups is 1. The lowest BCUT2D eigenvalue weighted by atomic mass is 10.2. The van der Waals surface area contributed by atoms with Crippen molar-refractivity contribution < 1.29 is 41.0 Å². The number of halogens is 5. The quantitative estimate of drug-likeness (QED) is 0.617. The zero-order valence-corrected chi connectivity index (χ0v) is 10.8. The van der Waals surface area contributed by atoms with Crippen LogP contribution in [0.25, 0.3) is 0 Å². The summed E-state index contributed by atoms with van der Waals surface area (Å²) >= 11 is 0. The molecule has 0 spiro atoms. The van der Waals surface area contributed by atoms with Gasteiger partial charge in [0.15, 0.2) is 17.2 Å². The molecule has 0 atom stereocenters. The van der Waals surface area contributed by atoms with Gasteiger partial charge in [-0.05, 0) is 6.92 Å². The lowest BCUT2D eigenvalue weighted by molar-refractivity contribution is -0.275. The summed E-state index contributed by atoms with van der Waals surface area (Å²) in [6, 6.07) is 0. The summed E-state index contributed by atoms with van der Waals surface area (Å²) in [7, 11) is 0.848. The van der Waals surface area contributed by atoms with E-state index in [1.165, 1.54) is 6.92 Å². The molecule has 118 valence electrons. The van der Waals surface area contributed by atoms with Gasteiger partial charge in [0.05, 0.1) is 13.7 Å². The standard InChI is InChI=1S/C11H10F5NO4/c1-3-20-10(18)5-4-17-6(9(12)13)8(19-2)7(5)21-11(14,15)16/h4,9H,3H2,1-2H3. The van der Waals surface area contributed by atoms with E-state index in [2.05, 4.69) is 19.2 Å². The van der Waals surface area contributed by atoms with Gasteiger partial charge in [-0.25, -0.2) is 13.6 Å². The Balaban J connectivity index is 3.47. The molecular weight excluding hydrogens is 305 g/mol. The van der Waals surface area contributed by atoms with Gasteiger partial charge in [0.1, 0.15) is 5.56 Å². The molecule has 21 heavy (non-hydrogen) atoms. The van der Waals surface area contributed by atoms with E-state index in [4.69, 9.17) is 0 Å². The van der Waals surface area contributed by atoms with Crippen LogP contribution in [0.5, 0.6) is 11.5 Å². The fourth-order valence-corrected chi connectivity index (χ4v) is 1.41. The molecule has 0 fully saturated rings. The van der Waals surface area contributed by atoms with Gasteiger partial charge in [-0.3, -0.25) is 4.98 Å². The monoisotopic (exact) mass is 315 g/mol. The Morgan fingerprint density at radius 2 is 1.95 bits per heavy atom. The average molecular weight is 315 g/mol. The molecule has 1 aromatic heterocycles. The number of rotatable bonds is 5. The zero-order valence-electron chi connectivity index (χ0n) is 10.8. The van der Waals surface area contributed by atoms with Gasteiger partial charge in [0.25, 0.3) is 6.43 Å². The predicted octanol–water partition coefficient (Wildman–Crippen LogP) is 3.10. The normalized spacial score (nSPS) is 11.4. The summed E-state index contributed by atoms with van der Waals surface area (Å²) in [6.07, 6.45) is -7.91. The number of alkyl halides is 5. The predicted molar refractivity (Wildman–Crippen MR) is 58.4 cm³/mol. The molecule has 1 rings (SSSR count). The Labute approximate surface area is 115 Å². The maximum Gasteiger partial charge on any atom is 0.573 e. The maximum absolute atomic E-state index is 12.7. The molecule has 0 saturated carbocycles. The third-order valence-corrected chi connectivity index (χ3v) is 2.14. The van der Waals surface area contributed by atoms with Gasteiger partial charge in [-0.15, -0.1) is 13.2 Å². The van der Waals surface area contributed by atoms with Crippen LogP contribution in [0.15, 0.2) is 6.20 Å². The molecule has 0 saturated heterocycles. The summed E-state index contributed by atoms with van der Waals surface area (Å²) in [5, 5.41) is 0. The van der Waals surface area contributed by atoms with Crippen molar-refractivity contribution in [3.8, 4) is 11.5 Å². The maximum atomic E-state index is 12.7. The van der Waals surface area contributed by atoms with Gasteiger partial charge in [-0.2, -0.15) is 0 Å². The molecule has 0 bridgehead atoms. The van der Waals surface area contributed by atoms with E-state index >= 15 is 0 Å². The number of nitrogens with zero attached hydrogens (tertiary/aromatic N) is 1. The van der Waals surface area contributed by atoms with Crippen molar-refractivity contribution in [3.63, 3.8) is 0 Å². The van der Waals surface area contributed by atoms with Crippen LogP contribution in [0.3, 0.4) is 0 Å². The van der Waals surface area contributed by atoms with Gasteiger partial charge in [-0.1, -0.05) is 0 Å². The first kappa shape index (κ1) is 16.9. The minimum Gasteiger partial charge on any atom is -0.491 e. The highest BCUT2D eigenvalue weighted by molar-refractivity contribution is 5.93. The largest absolute Gasteiger partial charge is 0.573 e. The summed E-state index contributed by atoms with van der Waals surface area (Å²) in [6.45, 7) is 1.28. The first-order chi connectivity index (χ1) is 9.71. The molecule has 1 heterocycles. The van der Waals surface area contributed by atoms with Crippen LogP contribution in [-0.2, 0) is 4.74 Å². The number of carbonyl (C=O) groups excluding carboxylic acids is 1. The molecule has 0 radical (unpaired) electrons. The van der Waals surface area contributed by atoms with Crippen LogP contribution in [0.4, 0.5) is 22.0 Å². The fraction of sp³-hybridized carbons (Fsp3) is 0.455. The molecule has 0 aliphatic heterocycles. The number of hydrogen-bond donors (Lipinski definition) is 0. The highest BCUT2D eigenvalue weighted by Gasteiger charge is 2.37. The molecule has 0 aliphatic carbocycles. The second-order valence-corrected chi connectivity index (χ2v) is 3.49. The summed E-state index contributed by atoms with van der Waals surface area (Å²) in [4.78, 5) is 14.8. The Morgan fingerprint density at radius 3 is 2.38 bits per heavy atom. The third-order valence-electron chi connectivity index (χ3n) is 2.14. The Bertz CT molecular complexity index is 518. The summed E-state index contributed by atoms with van der Waals surface area (Å²) in [5.41, 5.74) is -1.85. The van der Waals surface area contributed by atoms with Crippen molar-refractivity contribution in [2.24, 2.45) is 0 Å². The van der Waals surface area contributed by atoms with E-state index in [1.54, 1.807) is 0 Å². The van der Waals surface area contributed by atoms with Crippen LogP contribution >= 0.6 is 0 Å². The second kappa shape index (κ2) is 6.55. The zero-order chi connectivity index (χ0) is 16.2. The van der Waals surface area contributed by atoms with Crippen molar-refractivity contribution in [1.82, 2.24) is 4.98 Å². The molecule has 10 heteroatoms. The number of aromatic nitrogens is 1. The highest BCUT2D eigenvalue weighted by atomic mass is 19.4. The van der Waals surface area contributed by atoms with Crippen molar-refractivity contribution in [3.05, 3.63) is 17.5 Å². The number of ether oxygens (including phenoxy) is 3. The highest BCUT2D eigenvalue weighted by Crippen LogP contribution is 2.40. The molecule has 1 aromatic rings. The molecular formula is C11H10F5NO4. The van der Waals surface area contributed by atoms with Crippen LogP contribution < -0.4 is 9.47 Å². The number of methoxy groups -OCH3 is 1. The van der Waals surface area contributed by atoms with Crippen LogP contribution in [0.2, 0.25) is 0 Å². The van der Waals surface area contributed by atoms with E-state index < -0.39 is 41.5 Å². The van der Waals surface area contributed by atoms with Gasteiger partial charge in [0, 0.05) is 6.20 Å². The first-order valence-corrected chi connectivity index (χ1v) is 5.49. The minimum atomic E-state index is -5.21. The Kier molecular flexibility index (Phi) is 5.28. The summed E-state index contributed by atoms with van der Waals surface area (Å²) < 4.78 is 75.2. The average Bonchev–Trinajstić information content (AvgIpc) is 2.36. The van der Waals surface area contributed by atoms with Crippen LogP contribution in [0.1, 0.15) is 29.4 Å². The van der Waals surface area contributed by atoms with Gasteiger partial charge in [0.2, 0.25) is 0 Å². The van der Waals surface area contributed by atoms with Crippen molar-refractivity contribution in [2.45, 2.75) is 19.7 Å². The lowest BCUT2D eigenvalue weighted by Gasteiger charge is -2.17. The Hall–Kier alpha value is -2.13. The van der Waals surface area contributed by atoms with E-state index in [-0.39, 0.29) is 6.61 Å². The van der Waals surface area contributed by atoms with E-state index in [9.17, 15) is 26.7 Å². The third kappa shape index (κ3) is 4.17. The topological polar surface area (TPSA) is 57.7 Å². The second-order valence-electron chi connectivity index (χ2n) is 3.49. The van der Waals surface area contributed by atoms with E-state index in [0.29, 0.717) is 6.20 Å². The van der Waals surface area contributed by atoms with E-state index in [1.807, 2.05) is 0 Å². The molecule has 0 aromatic carbocycles. The number of pyridine rings is 1. The lowest BCUT2D eigenvalue weighted by Crippen LogP contribution is -2.21. The Morgan fingerprint density at radius 1 is 1.33 bits per heavy atom. The summed E-state index contributed by atoms with van der Waals surface area (Å²) in [5.74, 6) is -3.40. The van der Waals surface area contributed by atoms with Crippen molar-refractivity contribution in [2.75, 3.05) is 13.7 Å². The molecule has 0 N–H and O–H groups in total. The number of esters is 1. The SMILES string of the molecule is CCOC(=O)c1cnc(C(F)F)c(OC)c1OC(F)(F)F. The van der Waals surface area contributed by atoms with Gasteiger partial charge < -0.3 is 14.2 Å². The fourth-order valence-electron chi connectivity index (χ4n) is 1.41. The number of hydrogen-bond acceptors (Lipinski definition) is 5.